The molecule has 1 fully saturated rings. The molecule has 1 aromatic carbocycles. The molecule has 0 aliphatic heterocycles. The number of aryl methyl sites for hydroxylation is 2. The van der Waals surface area contributed by atoms with E-state index in [1.165, 1.54) is 11.1 Å². The number of hydrogen-bond donors (Lipinski definition) is 1. The molecule has 0 radical (unpaired) electrons. The van der Waals surface area contributed by atoms with Crippen molar-refractivity contribution in [3.8, 4) is 0 Å². The lowest BCUT2D eigenvalue weighted by Crippen LogP contribution is -2.33. The lowest BCUT2D eigenvalue weighted by molar-refractivity contribution is 0.0722. The van der Waals surface area contributed by atoms with Crippen LogP contribution in [0.2, 0.25) is 0 Å². The Morgan fingerprint density at radius 1 is 1.25 bits per heavy atom. The summed E-state index contributed by atoms with van der Waals surface area (Å²) >= 11 is 0. The standard InChI is InChI=1S/C20H21N3O/c1-13-9-14(2)17-11-19(22-18(17)10-13)20(24)23(16-6-7-16)12-15-5-3-4-8-21-15/h3-5,8-11,16,22H,6-7,12H2,1-2H3. The Morgan fingerprint density at radius 3 is 2.79 bits per heavy atom. The molecule has 0 saturated heterocycles. The number of H-pyrrole nitrogens is 1. The Morgan fingerprint density at radius 2 is 2.08 bits per heavy atom. The van der Waals surface area contributed by atoms with Crippen molar-refractivity contribution in [1.29, 1.82) is 0 Å². The topological polar surface area (TPSA) is 49.0 Å². The number of pyridine rings is 1. The number of carbonyl (C=O) groups excluding carboxylic acids is 1. The molecule has 4 heteroatoms. The summed E-state index contributed by atoms with van der Waals surface area (Å²) in [6.07, 6.45) is 3.94. The Bertz CT molecular complexity index is 894. The van der Waals surface area contributed by atoms with E-state index in [1.807, 2.05) is 29.2 Å². The molecule has 1 aliphatic carbocycles. The number of nitrogens with one attached hydrogen (secondary N) is 1. The van der Waals surface area contributed by atoms with Crippen molar-refractivity contribution in [2.75, 3.05) is 0 Å². The fraction of sp³-hybridized carbons (Fsp3) is 0.300. The summed E-state index contributed by atoms with van der Waals surface area (Å²) < 4.78 is 0. The summed E-state index contributed by atoms with van der Waals surface area (Å²) in [5.74, 6) is 0.0661. The number of carbonyl (C=O) groups is 1. The van der Waals surface area contributed by atoms with Crippen LogP contribution in [0.5, 0.6) is 0 Å². The first kappa shape index (κ1) is 14.9. The zero-order valence-electron chi connectivity index (χ0n) is 14.0. The van der Waals surface area contributed by atoms with Gasteiger partial charge in [0.25, 0.3) is 5.91 Å². The number of fused-ring (bicyclic) bond motifs is 1. The number of hydrogen-bond acceptors (Lipinski definition) is 2. The van der Waals surface area contributed by atoms with Crippen LogP contribution in [-0.4, -0.2) is 26.8 Å². The molecule has 0 unspecified atom stereocenters. The summed E-state index contributed by atoms with van der Waals surface area (Å²) in [6.45, 7) is 4.73. The van der Waals surface area contributed by atoms with Crippen LogP contribution < -0.4 is 0 Å². The lowest BCUT2D eigenvalue weighted by atomic mass is 10.1. The lowest BCUT2D eigenvalue weighted by Gasteiger charge is -2.21. The maximum atomic E-state index is 13.1. The molecular weight excluding hydrogens is 298 g/mol. The van der Waals surface area contributed by atoms with E-state index in [1.54, 1.807) is 6.20 Å². The minimum Gasteiger partial charge on any atom is -0.351 e. The molecule has 0 bridgehead atoms. The van der Waals surface area contributed by atoms with Crippen LogP contribution >= 0.6 is 0 Å². The van der Waals surface area contributed by atoms with E-state index in [4.69, 9.17) is 0 Å². The van der Waals surface area contributed by atoms with E-state index >= 15 is 0 Å². The predicted octanol–water partition coefficient (Wildman–Crippen LogP) is 3.98. The molecule has 2 aromatic heterocycles. The van der Waals surface area contributed by atoms with Crippen molar-refractivity contribution >= 4 is 16.8 Å². The molecule has 3 aromatic rings. The Balaban J connectivity index is 1.66. The number of amides is 1. The maximum Gasteiger partial charge on any atom is 0.270 e. The van der Waals surface area contributed by atoms with Crippen molar-refractivity contribution < 1.29 is 4.79 Å². The first-order valence-corrected chi connectivity index (χ1v) is 8.42. The summed E-state index contributed by atoms with van der Waals surface area (Å²) in [6, 6.07) is 12.4. The minimum absolute atomic E-state index is 0.0661. The molecule has 2 heterocycles. The smallest absolute Gasteiger partial charge is 0.270 e. The number of rotatable bonds is 4. The van der Waals surface area contributed by atoms with Crippen molar-refractivity contribution in [2.45, 2.75) is 39.3 Å². The quantitative estimate of drug-likeness (QED) is 0.790. The van der Waals surface area contributed by atoms with Crippen LogP contribution in [-0.2, 0) is 6.54 Å². The highest BCUT2D eigenvalue weighted by Crippen LogP contribution is 2.30. The van der Waals surface area contributed by atoms with Gasteiger partial charge in [0.15, 0.2) is 0 Å². The van der Waals surface area contributed by atoms with Crippen molar-refractivity contribution in [1.82, 2.24) is 14.9 Å². The molecule has 1 saturated carbocycles. The van der Waals surface area contributed by atoms with Crippen molar-refractivity contribution in [2.24, 2.45) is 0 Å². The van der Waals surface area contributed by atoms with Crippen LogP contribution in [0.25, 0.3) is 10.9 Å². The summed E-state index contributed by atoms with van der Waals surface area (Å²) in [4.78, 5) is 22.7. The largest absolute Gasteiger partial charge is 0.351 e. The molecule has 1 N–H and O–H groups in total. The number of aromatic nitrogens is 2. The SMILES string of the molecule is Cc1cc(C)c2cc(C(=O)N(Cc3ccccn3)C3CC3)[nH]c2c1. The maximum absolute atomic E-state index is 13.1. The normalized spacial score (nSPS) is 14.1. The molecule has 1 amide bonds. The second-order valence-electron chi connectivity index (χ2n) is 6.71. The second-order valence-corrected chi connectivity index (χ2v) is 6.71. The van der Waals surface area contributed by atoms with Gasteiger partial charge in [-0.2, -0.15) is 0 Å². The average Bonchev–Trinajstić information content (AvgIpc) is 3.32. The van der Waals surface area contributed by atoms with Gasteiger partial charge in [-0.25, -0.2) is 0 Å². The number of aromatic amines is 1. The van der Waals surface area contributed by atoms with Gasteiger partial charge in [0.05, 0.1) is 12.2 Å². The first-order valence-electron chi connectivity index (χ1n) is 8.42. The third kappa shape index (κ3) is 2.80. The van der Waals surface area contributed by atoms with Gasteiger partial charge < -0.3 is 9.88 Å². The Kier molecular flexibility index (Phi) is 3.60. The van der Waals surface area contributed by atoms with Crippen LogP contribution in [0, 0.1) is 13.8 Å². The summed E-state index contributed by atoms with van der Waals surface area (Å²) in [5, 5.41) is 1.12. The van der Waals surface area contributed by atoms with E-state index < -0.39 is 0 Å². The van der Waals surface area contributed by atoms with Gasteiger partial charge in [-0.15, -0.1) is 0 Å². The van der Waals surface area contributed by atoms with Gasteiger partial charge in [-0.05, 0) is 62.1 Å². The highest BCUT2D eigenvalue weighted by molar-refractivity contribution is 5.99. The number of benzene rings is 1. The molecular formula is C20H21N3O. The van der Waals surface area contributed by atoms with E-state index in [-0.39, 0.29) is 5.91 Å². The predicted molar refractivity (Wildman–Crippen MR) is 94.9 cm³/mol. The van der Waals surface area contributed by atoms with E-state index in [0.717, 1.165) is 29.4 Å². The molecule has 0 atom stereocenters. The van der Waals surface area contributed by atoms with Crippen LogP contribution in [0.15, 0.2) is 42.6 Å². The first-order chi connectivity index (χ1) is 11.6. The molecule has 1 aliphatic rings. The molecule has 4 rings (SSSR count). The fourth-order valence-corrected chi connectivity index (χ4v) is 3.29. The molecule has 24 heavy (non-hydrogen) atoms. The molecule has 122 valence electrons. The molecule has 0 spiro atoms. The third-order valence-electron chi connectivity index (χ3n) is 4.63. The van der Waals surface area contributed by atoms with E-state index in [9.17, 15) is 4.79 Å². The zero-order chi connectivity index (χ0) is 16.7. The highest BCUT2D eigenvalue weighted by atomic mass is 16.2. The Labute approximate surface area is 141 Å². The van der Waals surface area contributed by atoms with Gasteiger partial charge in [-0.3, -0.25) is 9.78 Å². The van der Waals surface area contributed by atoms with Gasteiger partial charge in [0, 0.05) is 23.1 Å². The van der Waals surface area contributed by atoms with E-state index in [2.05, 4.69) is 35.9 Å². The van der Waals surface area contributed by atoms with E-state index in [0.29, 0.717) is 18.3 Å². The second kappa shape index (κ2) is 5.78. The average molecular weight is 319 g/mol. The minimum atomic E-state index is 0.0661. The van der Waals surface area contributed by atoms with Crippen LogP contribution in [0.1, 0.15) is 40.2 Å². The van der Waals surface area contributed by atoms with Crippen LogP contribution in [0.3, 0.4) is 0 Å². The van der Waals surface area contributed by atoms with Crippen LogP contribution in [0.4, 0.5) is 0 Å². The fourth-order valence-electron chi connectivity index (χ4n) is 3.29. The Hall–Kier alpha value is -2.62. The van der Waals surface area contributed by atoms with Crippen molar-refractivity contribution in [3.63, 3.8) is 0 Å². The van der Waals surface area contributed by atoms with Gasteiger partial charge in [0.2, 0.25) is 0 Å². The zero-order valence-corrected chi connectivity index (χ0v) is 14.0. The summed E-state index contributed by atoms with van der Waals surface area (Å²) in [7, 11) is 0. The third-order valence-corrected chi connectivity index (χ3v) is 4.63. The monoisotopic (exact) mass is 319 g/mol. The van der Waals surface area contributed by atoms with Crippen molar-refractivity contribution in [3.05, 3.63) is 65.1 Å². The summed E-state index contributed by atoms with van der Waals surface area (Å²) in [5.41, 5.74) is 5.03. The van der Waals surface area contributed by atoms with Gasteiger partial charge >= 0.3 is 0 Å². The van der Waals surface area contributed by atoms with Gasteiger partial charge in [-0.1, -0.05) is 12.1 Å². The molecule has 4 nitrogen and oxygen atoms in total. The van der Waals surface area contributed by atoms with Gasteiger partial charge in [0.1, 0.15) is 5.69 Å². The number of nitrogens with zero attached hydrogens (tertiary/aromatic N) is 2. The highest BCUT2D eigenvalue weighted by Gasteiger charge is 2.34.